The summed E-state index contributed by atoms with van der Waals surface area (Å²) in [4.78, 5) is 5.28. The van der Waals surface area contributed by atoms with E-state index >= 15 is 0 Å². The number of rotatable bonds is 4. The predicted molar refractivity (Wildman–Crippen MR) is 63.6 cm³/mol. The Hall–Kier alpha value is -0.910. The lowest BCUT2D eigenvalue weighted by atomic mass is 9.99. The van der Waals surface area contributed by atoms with E-state index in [1.54, 1.807) is 11.3 Å². The molecule has 0 saturated carbocycles. The molecule has 2 aromatic heterocycles. The third kappa shape index (κ3) is 2.26. The van der Waals surface area contributed by atoms with Gasteiger partial charge in [-0.2, -0.15) is 0 Å². The fourth-order valence-corrected chi connectivity index (χ4v) is 2.37. The molecule has 2 rings (SSSR count). The monoisotopic (exact) mass is 240 g/mol. The summed E-state index contributed by atoms with van der Waals surface area (Å²) in [5.41, 5.74) is 0.819. The minimum absolute atomic E-state index is 0.0544. The van der Waals surface area contributed by atoms with Crippen molar-refractivity contribution in [2.45, 2.75) is 32.5 Å². The second-order valence-electron chi connectivity index (χ2n) is 4.33. The van der Waals surface area contributed by atoms with E-state index in [1.165, 1.54) is 0 Å². The van der Waals surface area contributed by atoms with Crippen molar-refractivity contribution in [3.8, 4) is 0 Å². The van der Waals surface area contributed by atoms with Crippen LogP contribution in [0.15, 0.2) is 17.8 Å². The van der Waals surface area contributed by atoms with Gasteiger partial charge in [0.2, 0.25) is 0 Å². The van der Waals surface area contributed by atoms with Crippen molar-refractivity contribution in [2.24, 2.45) is 5.92 Å². The zero-order valence-corrected chi connectivity index (χ0v) is 10.2. The summed E-state index contributed by atoms with van der Waals surface area (Å²) < 4.78 is 1.93. The molecule has 2 aromatic rings. The molecule has 4 nitrogen and oxygen atoms in total. The number of thiazole rings is 1. The molecule has 5 heteroatoms. The van der Waals surface area contributed by atoms with E-state index in [1.807, 2.05) is 36.0 Å². The lowest BCUT2D eigenvalue weighted by molar-refractivity contribution is -0.00772. The normalized spacial score (nSPS) is 15.8. The van der Waals surface area contributed by atoms with Crippen LogP contribution in [0.1, 0.15) is 19.5 Å². The first kappa shape index (κ1) is 11.6. The minimum atomic E-state index is -0.746. The average Bonchev–Trinajstić information content (AvgIpc) is 2.76. The Balaban J connectivity index is 2.07. The van der Waals surface area contributed by atoms with Gasteiger partial charge in [0, 0.05) is 24.2 Å². The Morgan fingerprint density at radius 3 is 2.81 bits per heavy atom. The molecule has 0 aliphatic carbocycles. The van der Waals surface area contributed by atoms with Gasteiger partial charge < -0.3 is 10.2 Å². The summed E-state index contributed by atoms with van der Waals surface area (Å²) in [6.45, 7) is 3.78. The summed E-state index contributed by atoms with van der Waals surface area (Å²) in [6, 6.07) is 0. The second-order valence-corrected chi connectivity index (χ2v) is 5.20. The van der Waals surface area contributed by atoms with Crippen molar-refractivity contribution in [1.82, 2.24) is 9.38 Å². The number of hydrogen-bond donors (Lipinski definition) is 2. The standard InChI is InChI=1S/C11H16N2O2S/c1-7(2)10(15)9(14)5-8-6-13-3-4-16-11(13)12-8/h3-4,6-7,9-10,14-15H,5H2,1-2H3. The number of aliphatic hydroxyl groups is 2. The van der Waals surface area contributed by atoms with E-state index in [4.69, 9.17) is 0 Å². The van der Waals surface area contributed by atoms with Gasteiger partial charge in [-0.3, -0.25) is 4.40 Å². The van der Waals surface area contributed by atoms with Crippen LogP contribution in [0.4, 0.5) is 0 Å². The van der Waals surface area contributed by atoms with Crippen molar-refractivity contribution < 1.29 is 10.2 Å². The van der Waals surface area contributed by atoms with Crippen LogP contribution < -0.4 is 0 Å². The molecule has 16 heavy (non-hydrogen) atoms. The summed E-state index contributed by atoms with van der Waals surface area (Å²) >= 11 is 1.56. The Bertz CT molecular complexity index is 435. The lowest BCUT2D eigenvalue weighted by Crippen LogP contribution is -2.32. The highest BCUT2D eigenvalue weighted by atomic mass is 32.1. The molecule has 0 aromatic carbocycles. The van der Waals surface area contributed by atoms with Gasteiger partial charge >= 0.3 is 0 Å². The first-order valence-corrected chi connectivity index (χ1v) is 6.23. The molecular weight excluding hydrogens is 224 g/mol. The fourth-order valence-electron chi connectivity index (χ4n) is 1.65. The first-order chi connectivity index (χ1) is 7.58. The van der Waals surface area contributed by atoms with Gasteiger partial charge in [0.1, 0.15) is 0 Å². The van der Waals surface area contributed by atoms with Crippen LogP contribution in [-0.4, -0.2) is 31.8 Å². The largest absolute Gasteiger partial charge is 0.390 e. The number of aliphatic hydroxyl groups excluding tert-OH is 2. The smallest absolute Gasteiger partial charge is 0.193 e. The Labute approximate surface area is 98.2 Å². The zero-order chi connectivity index (χ0) is 11.7. The Morgan fingerprint density at radius 1 is 1.44 bits per heavy atom. The van der Waals surface area contributed by atoms with Crippen molar-refractivity contribution in [3.63, 3.8) is 0 Å². The van der Waals surface area contributed by atoms with Gasteiger partial charge in [0.15, 0.2) is 4.96 Å². The maximum Gasteiger partial charge on any atom is 0.193 e. The van der Waals surface area contributed by atoms with Gasteiger partial charge in [-0.1, -0.05) is 13.8 Å². The molecule has 2 atom stereocenters. The summed E-state index contributed by atoms with van der Waals surface area (Å²) in [7, 11) is 0. The summed E-state index contributed by atoms with van der Waals surface area (Å²) in [5.74, 6) is 0.0544. The van der Waals surface area contributed by atoms with E-state index in [-0.39, 0.29) is 5.92 Å². The van der Waals surface area contributed by atoms with Gasteiger partial charge in [-0.15, -0.1) is 11.3 Å². The van der Waals surface area contributed by atoms with Gasteiger partial charge in [0.25, 0.3) is 0 Å². The molecule has 0 amide bonds. The van der Waals surface area contributed by atoms with Crippen molar-refractivity contribution >= 4 is 16.3 Å². The van der Waals surface area contributed by atoms with E-state index in [2.05, 4.69) is 4.98 Å². The molecule has 0 aliphatic heterocycles. The number of nitrogens with zero attached hydrogens (tertiary/aromatic N) is 2. The molecule has 2 heterocycles. The van der Waals surface area contributed by atoms with Crippen LogP contribution in [-0.2, 0) is 6.42 Å². The minimum Gasteiger partial charge on any atom is -0.390 e. The molecule has 0 aliphatic rings. The molecule has 2 N–H and O–H groups in total. The average molecular weight is 240 g/mol. The first-order valence-electron chi connectivity index (χ1n) is 5.35. The SMILES string of the molecule is CC(C)C(O)C(O)Cc1cn2ccsc2n1. The van der Waals surface area contributed by atoms with Gasteiger partial charge in [-0.05, 0) is 5.92 Å². The van der Waals surface area contributed by atoms with E-state index in [9.17, 15) is 10.2 Å². The lowest BCUT2D eigenvalue weighted by Gasteiger charge is -2.19. The van der Waals surface area contributed by atoms with Crippen LogP contribution in [0.25, 0.3) is 4.96 Å². The van der Waals surface area contributed by atoms with Gasteiger partial charge in [0.05, 0.1) is 17.9 Å². The highest BCUT2D eigenvalue weighted by Gasteiger charge is 2.21. The number of imidazole rings is 1. The van der Waals surface area contributed by atoms with Crippen molar-refractivity contribution in [3.05, 3.63) is 23.5 Å². The quantitative estimate of drug-likeness (QED) is 0.847. The molecule has 0 saturated heterocycles. The highest BCUT2D eigenvalue weighted by molar-refractivity contribution is 7.15. The van der Waals surface area contributed by atoms with Crippen LogP contribution in [0, 0.1) is 5.92 Å². The van der Waals surface area contributed by atoms with Crippen LogP contribution in [0.2, 0.25) is 0 Å². The molecule has 0 fully saturated rings. The van der Waals surface area contributed by atoms with E-state index < -0.39 is 12.2 Å². The van der Waals surface area contributed by atoms with Gasteiger partial charge in [-0.25, -0.2) is 4.98 Å². The zero-order valence-electron chi connectivity index (χ0n) is 9.37. The van der Waals surface area contributed by atoms with Crippen LogP contribution in [0.3, 0.4) is 0 Å². The van der Waals surface area contributed by atoms with E-state index in [0.717, 1.165) is 10.7 Å². The molecule has 88 valence electrons. The molecule has 0 bridgehead atoms. The van der Waals surface area contributed by atoms with E-state index in [0.29, 0.717) is 6.42 Å². The molecule has 0 spiro atoms. The Kier molecular flexibility index (Phi) is 3.28. The number of aromatic nitrogens is 2. The third-order valence-corrected chi connectivity index (χ3v) is 3.41. The predicted octanol–water partition coefficient (Wildman–Crippen LogP) is 1.32. The van der Waals surface area contributed by atoms with Crippen LogP contribution >= 0.6 is 11.3 Å². The topological polar surface area (TPSA) is 57.8 Å². The second kappa shape index (κ2) is 4.53. The third-order valence-electron chi connectivity index (χ3n) is 2.64. The molecule has 0 radical (unpaired) electrons. The Morgan fingerprint density at radius 2 is 2.19 bits per heavy atom. The highest BCUT2D eigenvalue weighted by Crippen LogP contribution is 2.15. The maximum absolute atomic E-state index is 9.81. The number of hydrogen-bond acceptors (Lipinski definition) is 4. The fraction of sp³-hybridized carbons (Fsp3) is 0.545. The van der Waals surface area contributed by atoms with Crippen molar-refractivity contribution in [2.75, 3.05) is 0 Å². The van der Waals surface area contributed by atoms with Crippen molar-refractivity contribution in [1.29, 1.82) is 0 Å². The maximum atomic E-state index is 9.81. The molecule has 2 unspecified atom stereocenters. The molecular formula is C11H16N2O2S. The summed E-state index contributed by atoms with van der Waals surface area (Å²) in [5, 5.41) is 21.5. The van der Waals surface area contributed by atoms with Crippen LogP contribution in [0.5, 0.6) is 0 Å². The summed E-state index contributed by atoms with van der Waals surface area (Å²) in [6.07, 6.45) is 2.78. The number of fused-ring (bicyclic) bond motifs is 1.